The number of aromatic nitrogens is 2. The molecule has 0 aliphatic carbocycles. The van der Waals surface area contributed by atoms with Crippen molar-refractivity contribution in [1.29, 1.82) is 0 Å². The Balaban J connectivity index is 1.72. The monoisotopic (exact) mass is 414 g/mol. The Morgan fingerprint density at radius 1 is 1.31 bits per heavy atom. The quantitative estimate of drug-likeness (QED) is 0.620. The van der Waals surface area contributed by atoms with E-state index in [9.17, 15) is 9.59 Å². The number of nitrogens with zero attached hydrogens (tertiary/aromatic N) is 4. The summed E-state index contributed by atoms with van der Waals surface area (Å²) < 4.78 is 7.25. The largest absolute Gasteiger partial charge is 0.467 e. The molecule has 29 heavy (non-hydrogen) atoms. The lowest BCUT2D eigenvalue weighted by Crippen LogP contribution is -2.36. The number of amides is 1. The van der Waals surface area contributed by atoms with Crippen LogP contribution in [0.2, 0.25) is 0 Å². The molecule has 0 radical (unpaired) electrons. The van der Waals surface area contributed by atoms with Gasteiger partial charge in [0.15, 0.2) is 0 Å². The van der Waals surface area contributed by atoms with E-state index < -0.39 is 0 Å². The molecule has 0 unspecified atom stereocenters. The normalized spacial score (nSPS) is 13.8. The lowest BCUT2D eigenvalue weighted by molar-refractivity contribution is 0.0724. The van der Waals surface area contributed by atoms with Crippen molar-refractivity contribution in [2.75, 3.05) is 27.2 Å². The molecule has 4 heterocycles. The summed E-state index contributed by atoms with van der Waals surface area (Å²) in [5, 5.41) is 0.592. The van der Waals surface area contributed by atoms with E-state index >= 15 is 0 Å². The van der Waals surface area contributed by atoms with E-state index in [1.165, 1.54) is 11.3 Å². The molecular weight excluding hydrogens is 388 g/mol. The molecule has 0 saturated carbocycles. The molecule has 3 aromatic heterocycles. The van der Waals surface area contributed by atoms with E-state index in [1.807, 2.05) is 38.1 Å². The van der Waals surface area contributed by atoms with Gasteiger partial charge in [-0.2, -0.15) is 0 Å². The van der Waals surface area contributed by atoms with Crippen molar-refractivity contribution >= 4 is 27.5 Å². The first-order valence-electron chi connectivity index (χ1n) is 9.95. The minimum atomic E-state index is -0.0777. The van der Waals surface area contributed by atoms with Gasteiger partial charge >= 0.3 is 0 Å². The van der Waals surface area contributed by atoms with Gasteiger partial charge in [-0.15, -0.1) is 11.3 Å². The molecule has 0 N–H and O–H groups in total. The van der Waals surface area contributed by atoms with Crippen molar-refractivity contribution in [1.82, 2.24) is 19.4 Å². The van der Waals surface area contributed by atoms with Gasteiger partial charge in [0.2, 0.25) is 0 Å². The van der Waals surface area contributed by atoms with Crippen LogP contribution in [-0.4, -0.2) is 52.4 Å². The first-order valence-corrected chi connectivity index (χ1v) is 10.8. The summed E-state index contributed by atoms with van der Waals surface area (Å²) in [6.07, 6.45) is 4.48. The number of hydrogen-bond donors (Lipinski definition) is 0. The zero-order valence-corrected chi connectivity index (χ0v) is 17.9. The average Bonchev–Trinajstić information content (AvgIpc) is 3.32. The molecule has 8 heteroatoms. The number of carbonyl (C=O) groups is 1. The number of carbonyl (C=O) groups excluding carboxylic acids is 1. The predicted octanol–water partition coefficient (Wildman–Crippen LogP) is 2.90. The van der Waals surface area contributed by atoms with Gasteiger partial charge < -0.3 is 14.2 Å². The van der Waals surface area contributed by atoms with Crippen LogP contribution in [0.3, 0.4) is 0 Å². The van der Waals surface area contributed by atoms with Gasteiger partial charge in [0.05, 0.1) is 23.1 Å². The maximum atomic E-state index is 13.4. The van der Waals surface area contributed by atoms with Crippen LogP contribution in [0.25, 0.3) is 10.2 Å². The Morgan fingerprint density at radius 2 is 2.14 bits per heavy atom. The van der Waals surface area contributed by atoms with Gasteiger partial charge in [-0.1, -0.05) is 0 Å². The number of thiophene rings is 1. The molecule has 3 aromatic rings. The number of likely N-dealkylation sites (N-methyl/N-ethyl adjacent to an activating group) is 1. The van der Waals surface area contributed by atoms with E-state index in [2.05, 4.69) is 0 Å². The molecule has 7 nitrogen and oxygen atoms in total. The van der Waals surface area contributed by atoms with Crippen molar-refractivity contribution in [2.24, 2.45) is 0 Å². The number of rotatable bonds is 6. The summed E-state index contributed by atoms with van der Waals surface area (Å²) >= 11 is 1.33. The van der Waals surface area contributed by atoms with Gasteiger partial charge in [-0.05, 0) is 51.6 Å². The SMILES string of the molecule is Cc1c(C(=O)N(CCN(C)C)Cc2ccco2)sc2nc3n(c(=O)c12)CCCC3. The summed E-state index contributed by atoms with van der Waals surface area (Å²) in [6, 6.07) is 3.69. The fourth-order valence-corrected chi connectivity index (χ4v) is 4.90. The fourth-order valence-electron chi connectivity index (χ4n) is 3.74. The molecule has 1 amide bonds. The molecule has 0 aromatic carbocycles. The first kappa shape index (κ1) is 19.8. The summed E-state index contributed by atoms with van der Waals surface area (Å²) in [4.78, 5) is 36.3. The minimum absolute atomic E-state index is 0.0108. The number of aryl methyl sites for hydroxylation is 2. The Hall–Kier alpha value is -2.45. The standard InChI is InChI=1S/C21H26N4O3S/c1-14-17-19(22-16-8-4-5-9-25(16)20(17)26)29-18(14)21(27)24(11-10-23(2)3)13-15-7-6-12-28-15/h6-7,12H,4-5,8-11,13H2,1-3H3. The molecular formula is C21H26N4O3S. The zero-order valence-electron chi connectivity index (χ0n) is 17.1. The lowest BCUT2D eigenvalue weighted by Gasteiger charge is -2.23. The van der Waals surface area contributed by atoms with Crippen molar-refractivity contribution in [3.05, 3.63) is 50.8 Å². The molecule has 0 bridgehead atoms. The van der Waals surface area contributed by atoms with Crippen LogP contribution in [0.1, 0.15) is 39.7 Å². The van der Waals surface area contributed by atoms with E-state index in [-0.39, 0.29) is 11.5 Å². The number of fused-ring (bicyclic) bond motifs is 2. The second-order valence-corrected chi connectivity index (χ2v) is 8.79. The smallest absolute Gasteiger partial charge is 0.264 e. The molecule has 0 saturated heterocycles. The predicted molar refractivity (Wildman–Crippen MR) is 114 cm³/mol. The summed E-state index contributed by atoms with van der Waals surface area (Å²) in [5.41, 5.74) is 0.728. The van der Waals surface area contributed by atoms with Gasteiger partial charge in [0.25, 0.3) is 11.5 Å². The molecule has 154 valence electrons. The number of furan rings is 1. The summed E-state index contributed by atoms with van der Waals surface area (Å²) in [7, 11) is 3.96. The molecule has 0 fully saturated rings. The molecule has 1 aliphatic heterocycles. The Kier molecular flexibility index (Phi) is 5.56. The van der Waals surface area contributed by atoms with Gasteiger partial charge in [-0.3, -0.25) is 14.2 Å². The van der Waals surface area contributed by atoms with E-state index in [1.54, 1.807) is 15.7 Å². The van der Waals surface area contributed by atoms with E-state index in [0.29, 0.717) is 34.7 Å². The van der Waals surface area contributed by atoms with Crippen LogP contribution >= 0.6 is 11.3 Å². The van der Waals surface area contributed by atoms with Crippen molar-refractivity contribution in [3.8, 4) is 0 Å². The van der Waals surface area contributed by atoms with Crippen LogP contribution in [-0.2, 0) is 19.5 Å². The maximum absolute atomic E-state index is 13.4. The maximum Gasteiger partial charge on any atom is 0.264 e. The van der Waals surface area contributed by atoms with Gasteiger partial charge in [0, 0.05) is 26.1 Å². The minimum Gasteiger partial charge on any atom is -0.467 e. The first-order chi connectivity index (χ1) is 14.0. The number of hydrogen-bond acceptors (Lipinski definition) is 6. The molecule has 0 spiro atoms. The Labute approximate surface area is 173 Å². The van der Waals surface area contributed by atoms with Gasteiger partial charge in [0.1, 0.15) is 16.4 Å². The third-order valence-corrected chi connectivity index (χ3v) is 6.56. The third kappa shape index (κ3) is 3.86. The summed E-state index contributed by atoms with van der Waals surface area (Å²) in [6.45, 7) is 4.29. The summed E-state index contributed by atoms with van der Waals surface area (Å²) in [5.74, 6) is 1.50. The fraction of sp³-hybridized carbons (Fsp3) is 0.476. The van der Waals surface area contributed by atoms with Crippen LogP contribution in [0.5, 0.6) is 0 Å². The topological polar surface area (TPSA) is 71.6 Å². The highest BCUT2D eigenvalue weighted by molar-refractivity contribution is 7.20. The van der Waals surface area contributed by atoms with Crippen LogP contribution < -0.4 is 5.56 Å². The van der Waals surface area contributed by atoms with Crippen molar-refractivity contribution < 1.29 is 9.21 Å². The van der Waals surface area contributed by atoms with E-state index in [4.69, 9.17) is 9.40 Å². The molecule has 1 aliphatic rings. The van der Waals surface area contributed by atoms with Crippen LogP contribution in [0, 0.1) is 6.92 Å². The van der Waals surface area contributed by atoms with E-state index in [0.717, 1.165) is 43.0 Å². The Bertz CT molecular complexity index is 1080. The Morgan fingerprint density at radius 3 is 2.86 bits per heavy atom. The highest BCUT2D eigenvalue weighted by atomic mass is 32.1. The lowest BCUT2D eigenvalue weighted by atomic mass is 10.1. The van der Waals surface area contributed by atoms with Crippen molar-refractivity contribution in [3.63, 3.8) is 0 Å². The second-order valence-electron chi connectivity index (χ2n) is 7.79. The van der Waals surface area contributed by atoms with Crippen molar-refractivity contribution in [2.45, 2.75) is 39.3 Å². The highest BCUT2D eigenvalue weighted by Gasteiger charge is 2.26. The zero-order chi connectivity index (χ0) is 20.5. The van der Waals surface area contributed by atoms with Crippen LogP contribution in [0.4, 0.5) is 0 Å². The molecule has 4 rings (SSSR count). The second kappa shape index (κ2) is 8.12. The molecule has 0 atom stereocenters. The highest BCUT2D eigenvalue weighted by Crippen LogP contribution is 2.30. The average molecular weight is 415 g/mol. The van der Waals surface area contributed by atoms with Gasteiger partial charge in [-0.25, -0.2) is 4.98 Å². The third-order valence-electron chi connectivity index (χ3n) is 5.39. The van der Waals surface area contributed by atoms with Crippen LogP contribution in [0.15, 0.2) is 27.6 Å².